The van der Waals surface area contributed by atoms with Gasteiger partial charge in [-0.25, -0.2) is 0 Å². The van der Waals surface area contributed by atoms with Gasteiger partial charge in [-0.1, -0.05) is 18.2 Å². The van der Waals surface area contributed by atoms with Gasteiger partial charge < -0.3 is 10.4 Å². The van der Waals surface area contributed by atoms with E-state index in [4.69, 9.17) is 0 Å². The van der Waals surface area contributed by atoms with E-state index in [1.807, 2.05) is 36.6 Å². The summed E-state index contributed by atoms with van der Waals surface area (Å²) in [6, 6.07) is 3.86. The van der Waals surface area contributed by atoms with E-state index in [1.165, 1.54) is 0 Å². The van der Waals surface area contributed by atoms with Gasteiger partial charge in [-0.2, -0.15) is 0 Å². The molecular formula is C15H17NO3S. The molecule has 4 nitrogen and oxygen atoms in total. The monoisotopic (exact) mass is 291 g/mol. The second kappa shape index (κ2) is 5.05. The van der Waals surface area contributed by atoms with Gasteiger partial charge in [-0.05, 0) is 36.6 Å². The van der Waals surface area contributed by atoms with Gasteiger partial charge in [-0.15, -0.1) is 11.3 Å². The average Bonchev–Trinajstić information content (AvgIpc) is 3.13. The Kier molecular flexibility index (Phi) is 3.38. The minimum absolute atomic E-state index is 0.0188. The molecule has 1 fully saturated rings. The normalized spacial score (nSPS) is 32.2. The van der Waals surface area contributed by atoms with Gasteiger partial charge in [0.2, 0.25) is 5.91 Å². The summed E-state index contributed by atoms with van der Waals surface area (Å²) in [7, 11) is 0. The molecule has 3 rings (SSSR count). The lowest BCUT2D eigenvalue weighted by atomic mass is 9.82. The molecule has 1 aromatic rings. The molecule has 2 aliphatic carbocycles. The molecule has 2 aliphatic rings. The zero-order valence-corrected chi connectivity index (χ0v) is 12.0. The van der Waals surface area contributed by atoms with Crippen LogP contribution < -0.4 is 5.32 Å². The van der Waals surface area contributed by atoms with Crippen LogP contribution in [0.25, 0.3) is 0 Å². The van der Waals surface area contributed by atoms with E-state index in [1.54, 1.807) is 11.3 Å². The Morgan fingerprint density at radius 3 is 2.65 bits per heavy atom. The van der Waals surface area contributed by atoms with Gasteiger partial charge in [0.25, 0.3) is 0 Å². The van der Waals surface area contributed by atoms with Crippen LogP contribution >= 0.6 is 11.3 Å². The maximum absolute atomic E-state index is 12.5. The number of carboxylic acids is 1. The number of amides is 1. The Hall–Kier alpha value is -1.62. The second-order valence-electron chi connectivity index (χ2n) is 5.58. The van der Waals surface area contributed by atoms with Gasteiger partial charge in [0.15, 0.2) is 0 Å². The summed E-state index contributed by atoms with van der Waals surface area (Å²) in [5.74, 6) is -1.88. The highest BCUT2D eigenvalue weighted by Gasteiger charge is 2.51. The molecule has 2 bridgehead atoms. The van der Waals surface area contributed by atoms with Crippen molar-refractivity contribution in [3.8, 4) is 0 Å². The van der Waals surface area contributed by atoms with Crippen LogP contribution in [0.1, 0.15) is 24.3 Å². The third-order valence-corrected chi connectivity index (χ3v) is 5.43. The molecule has 1 saturated carbocycles. The molecule has 5 atom stereocenters. The number of rotatable bonds is 4. The van der Waals surface area contributed by atoms with Crippen LogP contribution in [0.5, 0.6) is 0 Å². The van der Waals surface area contributed by atoms with Crippen molar-refractivity contribution in [2.45, 2.75) is 19.4 Å². The van der Waals surface area contributed by atoms with Crippen LogP contribution in [0.4, 0.5) is 0 Å². The van der Waals surface area contributed by atoms with Crippen molar-refractivity contribution < 1.29 is 14.7 Å². The summed E-state index contributed by atoms with van der Waals surface area (Å²) in [4.78, 5) is 24.9. The molecule has 0 spiro atoms. The Morgan fingerprint density at radius 1 is 1.35 bits per heavy atom. The van der Waals surface area contributed by atoms with Crippen molar-refractivity contribution in [3.05, 3.63) is 34.5 Å². The first-order valence-corrected chi connectivity index (χ1v) is 7.71. The Bertz CT molecular complexity index is 551. The third-order valence-electron chi connectivity index (χ3n) is 4.38. The SMILES string of the molecule is C[C@@H](NC(=O)[C@H]1C2C=CC(C2)[C@H]1C(=O)O)c1cccs1. The van der Waals surface area contributed by atoms with Crippen LogP contribution in [0, 0.1) is 23.7 Å². The first-order chi connectivity index (χ1) is 9.58. The number of carboxylic acid groups (broad SMARTS) is 1. The van der Waals surface area contributed by atoms with Gasteiger partial charge in [0.1, 0.15) is 0 Å². The summed E-state index contributed by atoms with van der Waals surface area (Å²) in [6.07, 6.45) is 4.75. The van der Waals surface area contributed by atoms with Crippen LogP contribution in [0.3, 0.4) is 0 Å². The summed E-state index contributed by atoms with van der Waals surface area (Å²) >= 11 is 1.59. The zero-order valence-electron chi connectivity index (χ0n) is 11.2. The number of hydrogen-bond acceptors (Lipinski definition) is 3. The third kappa shape index (κ3) is 2.16. The number of allylic oxidation sites excluding steroid dienone is 2. The van der Waals surface area contributed by atoms with Crippen LogP contribution in [-0.2, 0) is 9.59 Å². The summed E-state index contributed by atoms with van der Waals surface area (Å²) in [6.45, 7) is 1.93. The predicted octanol–water partition coefficient (Wildman–Crippen LogP) is 2.45. The fourth-order valence-corrected chi connectivity index (χ4v) is 4.17. The Labute approximate surface area is 121 Å². The topological polar surface area (TPSA) is 66.4 Å². The maximum atomic E-state index is 12.5. The van der Waals surface area contributed by atoms with Crippen LogP contribution in [0.15, 0.2) is 29.7 Å². The number of aliphatic carboxylic acids is 1. The fourth-order valence-electron chi connectivity index (χ4n) is 3.43. The molecule has 0 saturated heterocycles. The minimum Gasteiger partial charge on any atom is -0.481 e. The zero-order chi connectivity index (χ0) is 14.3. The van der Waals surface area contributed by atoms with Crippen molar-refractivity contribution in [1.29, 1.82) is 0 Å². The molecule has 0 aromatic carbocycles. The van der Waals surface area contributed by atoms with Gasteiger partial charge in [0, 0.05) is 4.88 Å². The lowest BCUT2D eigenvalue weighted by Crippen LogP contribution is -2.40. The fraction of sp³-hybridized carbons (Fsp3) is 0.467. The summed E-state index contributed by atoms with van der Waals surface area (Å²) in [5.41, 5.74) is 0. The number of fused-ring (bicyclic) bond motifs is 2. The Morgan fingerprint density at radius 2 is 2.05 bits per heavy atom. The van der Waals surface area contributed by atoms with Crippen LogP contribution in [-0.4, -0.2) is 17.0 Å². The first kappa shape index (κ1) is 13.4. The number of carbonyl (C=O) groups excluding carboxylic acids is 1. The van der Waals surface area contributed by atoms with Gasteiger partial charge in [-0.3, -0.25) is 9.59 Å². The first-order valence-electron chi connectivity index (χ1n) is 6.83. The second-order valence-corrected chi connectivity index (χ2v) is 6.56. The highest BCUT2D eigenvalue weighted by atomic mass is 32.1. The average molecular weight is 291 g/mol. The van der Waals surface area contributed by atoms with E-state index in [9.17, 15) is 14.7 Å². The van der Waals surface area contributed by atoms with E-state index in [-0.39, 0.29) is 23.8 Å². The highest BCUT2D eigenvalue weighted by Crippen LogP contribution is 2.48. The molecule has 0 aliphatic heterocycles. The maximum Gasteiger partial charge on any atom is 0.307 e. The molecule has 2 unspecified atom stereocenters. The van der Waals surface area contributed by atoms with E-state index < -0.39 is 17.8 Å². The molecule has 1 heterocycles. The molecule has 20 heavy (non-hydrogen) atoms. The van der Waals surface area contributed by atoms with Crippen molar-refractivity contribution >= 4 is 23.2 Å². The van der Waals surface area contributed by atoms with E-state index in [2.05, 4.69) is 5.32 Å². The molecule has 1 amide bonds. The standard InChI is InChI=1S/C15H17NO3S/c1-8(11-3-2-6-20-11)16-14(17)12-9-4-5-10(7-9)13(12)15(18)19/h2-6,8-10,12-13H,7H2,1H3,(H,16,17)(H,18,19)/t8-,9?,10?,12+,13-/m1/s1. The molecule has 0 radical (unpaired) electrons. The number of nitrogens with one attached hydrogen (secondary N) is 1. The molecule has 1 aromatic heterocycles. The van der Waals surface area contributed by atoms with Crippen molar-refractivity contribution in [3.63, 3.8) is 0 Å². The Balaban J connectivity index is 1.73. The smallest absolute Gasteiger partial charge is 0.307 e. The van der Waals surface area contributed by atoms with E-state index in [0.717, 1.165) is 11.3 Å². The molecule has 2 N–H and O–H groups in total. The van der Waals surface area contributed by atoms with Crippen molar-refractivity contribution in [2.75, 3.05) is 0 Å². The summed E-state index contributed by atoms with van der Waals surface area (Å²) < 4.78 is 0. The van der Waals surface area contributed by atoms with E-state index in [0.29, 0.717) is 0 Å². The number of carbonyl (C=O) groups is 2. The molecular weight excluding hydrogens is 274 g/mol. The quantitative estimate of drug-likeness (QED) is 0.837. The molecule has 5 heteroatoms. The summed E-state index contributed by atoms with van der Waals surface area (Å²) in [5, 5.41) is 14.3. The van der Waals surface area contributed by atoms with E-state index >= 15 is 0 Å². The number of thiophene rings is 1. The lowest BCUT2D eigenvalue weighted by molar-refractivity contribution is -0.148. The number of hydrogen-bond donors (Lipinski definition) is 2. The van der Waals surface area contributed by atoms with Crippen molar-refractivity contribution in [2.24, 2.45) is 23.7 Å². The predicted molar refractivity (Wildman–Crippen MR) is 76.2 cm³/mol. The minimum atomic E-state index is -0.856. The largest absolute Gasteiger partial charge is 0.481 e. The van der Waals surface area contributed by atoms with Gasteiger partial charge in [0.05, 0.1) is 17.9 Å². The lowest BCUT2D eigenvalue weighted by Gasteiger charge is -2.25. The molecule has 106 valence electrons. The highest BCUT2D eigenvalue weighted by molar-refractivity contribution is 7.10. The van der Waals surface area contributed by atoms with Crippen LogP contribution in [0.2, 0.25) is 0 Å². The van der Waals surface area contributed by atoms with Crippen molar-refractivity contribution in [1.82, 2.24) is 5.32 Å². The van der Waals surface area contributed by atoms with Gasteiger partial charge >= 0.3 is 5.97 Å².